The number of aliphatic hydroxyl groups excluding tert-OH is 2. The summed E-state index contributed by atoms with van der Waals surface area (Å²) in [6, 6.07) is 7.57. The number of rotatable bonds is 8. The average molecular weight is 324 g/mol. The Hall–Kier alpha value is -2.52. The van der Waals surface area contributed by atoms with Crippen molar-refractivity contribution in [3.8, 4) is 0 Å². The zero-order chi connectivity index (χ0) is 17.5. The van der Waals surface area contributed by atoms with Crippen LogP contribution in [0, 0.1) is 0 Å². The van der Waals surface area contributed by atoms with Crippen molar-refractivity contribution < 1.29 is 39.7 Å². The number of hydrogen-bond acceptors (Lipinski definition) is 8. The Morgan fingerprint density at radius 1 is 1.26 bits per heavy atom. The van der Waals surface area contributed by atoms with Crippen LogP contribution in [0.25, 0.3) is 0 Å². The first kappa shape index (κ1) is 18.5. The lowest BCUT2D eigenvalue weighted by Gasteiger charge is -2.32. The average Bonchev–Trinajstić information content (AvgIpc) is 2.59. The van der Waals surface area contributed by atoms with E-state index >= 15 is 0 Å². The largest absolute Gasteiger partial charge is 0.394 e. The second-order valence-corrected chi connectivity index (χ2v) is 4.35. The molecular formula is C15H16O8. The van der Waals surface area contributed by atoms with Gasteiger partial charge in [0.15, 0.2) is 0 Å². The van der Waals surface area contributed by atoms with Gasteiger partial charge in [0.1, 0.15) is 11.7 Å². The van der Waals surface area contributed by atoms with Crippen LogP contribution >= 0.6 is 0 Å². The van der Waals surface area contributed by atoms with Crippen molar-refractivity contribution in [3.63, 3.8) is 0 Å². The lowest BCUT2D eigenvalue weighted by atomic mass is 9.82. The van der Waals surface area contributed by atoms with Crippen LogP contribution in [0.5, 0.6) is 0 Å². The maximum absolute atomic E-state index is 11.8. The summed E-state index contributed by atoms with van der Waals surface area (Å²) in [6.07, 6.45) is -1.00. The highest BCUT2D eigenvalue weighted by Gasteiger charge is 2.44. The molecule has 2 atom stereocenters. The number of aliphatic hydroxyl groups is 3. The summed E-state index contributed by atoms with van der Waals surface area (Å²) in [7, 11) is 0. The molecule has 0 aliphatic heterocycles. The zero-order valence-electron chi connectivity index (χ0n) is 12.0. The van der Waals surface area contributed by atoms with Crippen LogP contribution in [0.15, 0.2) is 55.1 Å². The van der Waals surface area contributed by atoms with E-state index in [1.165, 1.54) is 12.1 Å². The molecule has 8 nitrogen and oxygen atoms in total. The zero-order valence-corrected chi connectivity index (χ0v) is 12.0. The topological polar surface area (TPSA) is 123 Å². The van der Waals surface area contributed by atoms with E-state index in [1.54, 1.807) is 18.2 Å². The van der Waals surface area contributed by atoms with Gasteiger partial charge in [-0.1, -0.05) is 43.5 Å². The maximum atomic E-state index is 11.8. The monoisotopic (exact) mass is 324 g/mol. The normalized spacial score (nSPS) is 14.2. The molecule has 124 valence electrons. The lowest BCUT2D eigenvalue weighted by molar-refractivity contribution is -0.456. The first-order chi connectivity index (χ1) is 10.9. The van der Waals surface area contributed by atoms with Crippen LogP contribution in [-0.2, 0) is 30.0 Å². The van der Waals surface area contributed by atoms with Crippen LogP contribution in [0.2, 0.25) is 0 Å². The Bertz CT molecular complexity index is 582. The SMILES string of the molecule is C=CC(=O)OOOC(=O)C(=C)C(O)(c1ccccc1)C(O)CO. The molecule has 2 unspecified atom stereocenters. The van der Waals surface area contributed by atoms with E-state index in [0.717, 1.165) is 6.08 Å². The second kappa shape index (κ2) is 8.20. The third-order valence-corrected chi connectivity index (χ3v) is 2.97. The third-order valence-electron chi connectivity index (χ3n) is 2.97. The van der Waals surface area contributed by atoms with Gasteiger partial charge >= 0.3 is 11.9 Å². The van der Waals surface area contributed by atoms with E-state index in [0.29, 0.717) is 0 Å². The van der Waals surface area contributed by atoms with Gasteiger partial charge in [-0.15, -0.1) is 0 Å². The van der Waals surface area contributed by atoms with E-state index in [9.17, 15) is 19.8 Å². The Kier molecular flexibility index (Phi) is 6.61. The van der Waals surface area contributed by atoms with Crippen molar-refractivity contribution in [2.45, 2.75) is 11.7 Å². The summed E-state index contributed by atoms with van der Waals surface area (Å²) >= 11 is 0. The van der Waals surface area contributed by atoms with Gasteiger partial charge in [0.25, 0.3) is 0 Å². The summed E-state index contributed by atoms with van der Waals surface area (Å²) in [6.45, 7) is 5.59. The predicted octanol–water partition coefficient (Wildman–Crippen LogP) is -0.0974. The molecule has 0 aliphatic carbocycles. The van der Waals surface area contributed by atoms with Gasteiger partial charge in [-0.05, 0) is 5.56 Å². The molecule has 0 amide bonds. The van der Waals surface area contributed by atoms with Crippen LogP contribution in [0.4, 0.5) is 0 Å². The highest BCUT2D eigenvalue weighted by Crippen LogP contribution is 2.33. The fourth-order valence-corrected chi connectivity index (χ4v) is 1.71. The minimum absolute atomic E-state index is 0.0894. The van der Waals surface area contributed by atoms with Crippen LogP contribution in [0.3, 0.4) is 0 Å². The molecular weight excluding hydrogens is 308 g/mol. The molecule has 3 N–H and O–H groups in total. The first-order valence-electron chi connectivity index (χ1n) is 6.36. The minimum Gasteiger partial charge on any atom is -0.394 e. The molecule has 0 radical (unpaired) electrons. The number of hydrogen-bond donors (Lipinski definition) is 3. The molecule has 1 rings (SSSR count). The molecule has 0 aromatic heterocycles. The summed E-state index contributed by atoms with van der Waals surface area (Å²) in [5.41, 5.74) is -2.88. The third kappa shape index (κ3) is 4.24. The van der Waals surface area contributed by atoms with Crippen LogP contribution < -0.4 is 0 Å². The fraction of sp³-hybridized carbons (Fsp3) is 0.200. The molecule has 0 aliphatic rings. The molecule has 1 aromatic carbocycles. The van der Waals surface area contributed by atoms with E-state index in [4.69, 9.17) is 5.11 Å². The molecule has 0 saturated carbocycles. The van der Waals surface area contributed by atoms with E-state index in [2.05, 4.69) is 28.0 Å². The molecule has 23 heavy (non-hydrogen) atoms. The number of carbonyl (C=O) groups excluding carboxylic acids is 2. The van der Waals surface area contributed by atoms with Gasteiger partial charge < -0.3 is 15.3 Å². The minimum atomic E-state index is -2.33. The standard InChI is InChI=1S/C15H16O8/c1-3-13(18)21-23-22-14(19)10(2)15(20,12(17)9-16)11-7-5-4-6-8-11/h3-8,12,16-17,20H,1-2,9H2. The van der Waals surface area contributed by atoms with Crippen LogP contribution in [-0.4, -0.2) is 40.0 Å². The second-order valence-electron chi connectivity index (χ2n) is 4.35. The molecule has 0 fully saturated rings. The molecule has 1 aromatic rings. The maximum Gasteiger partial charge on any atom is 0.376 e. The van der Waals surface area contributed by atoms with Crippen molar-refractivity contribution >= 4 is 11.9 Å². The molecule has 0 saturated heterocycles. The summed E-state index contributed by atoms with van der Waals surface area (Å²) in [5, 5.41) is 33.6. The summed E-state index contributed by atoms with van der Waals surface area (Å²) in [4.78, 5) is 30.7. The molecule has 8 heteroatoms. The van der Waals surface area contributed by atoms with Gasteiger partial charge in [0.05, 0.1) is 12.2 Å². The summed E-state index contributed by atoms with van der Waals surface area (Å²) < 4.78 is 0. The van der Waals surface area contributed by atoms with Crippen molar-refractivity contribution in [1.82, 2.24) is 0 Å². The summed E-state index contributed by atoms with van der Waals surface area (Å²) in [5.74, 6) is -2.34. The first-order valence-corrected chi connectivity index (χ1v) is 6.36. The van der Waals surface area contributed by atoms with Gasteiger partial charge in [-0.25, -0.2) is 9.59 Å². The number of carbonyl (C=O) groups is 2. The van der Waals surface area contributed by atoms with E-state index < -0.39 is 35.8 Å². The highest BCUT2D eigenvalue weighted by atomic mass is 17.5. The molecule has 0 spiro atoms. The molecule has 0 heterocycles. The van der Waals surface area contributed by atoms with Crippen molar-refractivity contribution in [1.29, 1.82) is 0 Å². The van der Waals surface area contributed by atoms with Gasteiger partial charge in [-0.2, -0.15) is 0 Å². The Morgan fingerprint density at radius 2 is 1.87 bits per heavy atom. The predicted molar refractivity (Wildman–Crippen MR) is 76.0 cm³/mol. The highest BCUT2D eigenvalue weighted by molar-refractivity contribution is 5.90. The van der Waals surface area contributed by atoms with Crippen molar-refractivity contribution in [3.05, 3.63) is 60.7 Å². The van der Waals surface area contributed by atoms with Gasteiger partial charge in [0.2, 0.25) is 0 Å². The quantitative estimate of drug-likeness (QED) is 0.344. The van der Waals surface area contributed by atoms with E-state index in [-0.39, 0.29) is 5.56 Å². The Morgan fingerprint density at radius 3 is 2.39 bits per heavy atom. The number of benzene rings is 1. The fourth-order valence-electron chi connectivity index (χ4n) is 1.71. The van der Waals surface area contributed by atoms with Crippen molar-refractivity contribution in [2.24, 2.45) is 0 Å². The Balaban J connectivity index is 2.95. The smallest absolute Gasteiger partial charge is 0.376 e. The van der Waals surface area contributed by atoms with Crippen LogP contribution in [0.1, 0.15) is 5.56 Å². The Labute approximate surface area is 131 Å². The lowest BCUT2D eigenvalue weighted by Crippen LogP contribution is -2.45. The van der Waals surface area contributed by atoms with Gasteiger partial charge in [-0.3, -0.25) is 9.78 Å². The van der Waals surface area contributed by atoms with Gasteiger partial charge in [0, 0.05) is 11.1 Å². The molecule has 0 bridgehead atoms. The van der Waals surface area contributed by atoms with E-state index in [1.807, 2.05) is 0 Å². The van der Waals surface area contributed by atoms with Crippen molar-refractivity contribution in [2.75, 3.05) is 6.61 Å².